The fraction of sp³-hybridized carbons (Fsp3) is 0.571. The van der Waals surface area contributed by atoms with E-state index in [4.69, 9.17) is 0 Å². The molecule has 1 aliphatic heterocycles. The fourth-order valence-electron chi connectivity index (χ4n) is 2.10. The largest absolute Gasteiger partial charge is 0.386 e. The molecule has 4 nitrogen and oxygen atoms in total. The lowest BCUT2D eigenvalue weighted by Crippen LogP contribution is -2.66. The molecule has 2 heterocycles. The zero-order valence-electron chi connectivity index (χ0n) is 11.0. The molecule has 1 fully saturated rings. The third kappa shape index (κ3) is 2.70. The molecular weight excluding hydrogens is 228 g/mol. The van der Waals surface area contributed by atoms with Crippen molar-refractivity contribution in [3.63, 3.8) is 0 Å². The molecule has 98 valence electrons. The molecule has 1 saturated heterocycles. The van der Waals surface area contributed by atoms with Crippen LogP contribution in [0.15, 0.2) is 24.4 Å². The summed E-state index contributed by atoms with van der Waals surface area (Å²) in [5.41, 5.74) is 0.256. The van der Waals surface area contributed by atoms with E-state index in [9.17, 15) is 9.90 Å². The van der Waals surface area contributed by atoms with E-state index in [1.54, 1.807) is 11.1 Å². The number of aromatic nitrogens is 1. The van der Waals surface area contributed by atoms with Gasteiger partial charge in [-0.05, 0) is 24.5 Å². The first-order valence-electron chi connectivity index (χ1n) is 6.41. The lowest BCUT2D eigenvalue weighted by atomic mass is 9.83. The second-order valence-corrected chi connectivity index (χ2v) is 5.33. The number of β-amino-alcohol motifs (C(OH)–C–C–N with tert-alkyl or cyclic N) is 1. The highest BCUT2D eigenvalue weighted by molar-refractivity contribution is 5.77. The molecule has 0 aliphatic carbocycles. The Bertz CT molecular complexity index is 411. The van der Waals surface area contributed by atoms with Gasteiger partial charge in [-0.2, -0.15) is 0 Å². The molecule has 0 spiro atoms. The summed E-state index contributed by atoms with van der Waals surface area (Å²) in [7, 11) is 0. The van der Waals surface area contributed by atoms with E-state index in [2.05, 4.69) is 4.98 Å². The van der Waals surface area contributed by atoms with Crippen LogP contribution in [0.5, 0.6) is 0 Å². The van der Waals surface area contributed by atoms with E-state index < -0.39 is 5.60 Å². The maximum atomic E-state index is 11.9. The van der Waals surface area contributed by atoms with E-state index in [-0.39, 0.29) is 11.8 Å². The van der Waals surface area contributed by atoms with Crippen molar-refractivity contribution in [1.29, 1.82) is 0 Å². The standard InChI is InChI=1S/C14H20N2O2/c1-11(2)14(18)9-16(10-14)13(17)7-6-12-5-3-4-8-15-12/h3-5,8,11,18H,6-7,9-10H2,1-2H3. The number of likely N-dealkylation sites (tertiary alicyclic amines) is 1. The second-order valence-electron chi connectivity index (χ2n) is 5.33. The van der Waals surface area contributed by atoms with Crippen LogP contribution in [0, 0.1) is 5.92 Å². The average molecular weight is 248 g/mol. The van der Waals surface area contributed by atoms with Crippen LogP contribution < -0.4 is 0 Å². The molecule has 0 atom stereocenters. The van der Waals surface area contributed by atoms with Gasteiger partial charge in [0, 0.05) is 18.3 Å². The second kappa shape index (κ2) is 5.06. The summed E-state index contributed by atoms with van der Waals surface area (Å²) in [6, 6.07) is 5.71. The van der Waals surface area contributed by atoms with Crippen LogP contribution >= 0.6 is 0 Å². The number of hydrogen-bond donors (Lipinski definition) is 1. The quantitative estimate of drug-likeness (QED) is 0.872. The predicted octanol–water partition coefficient (Wildman–Crippen LogP) is 1.24. The predicted molar refractivity (Wildman–Crippen MR) is 68.9 cm³/mol. The van der Waals surface area contributed by atoms with Gasteiger partial charge in [0.15, 0.2) is 0 Å². The van der Waals surface area contributed by atoms with Gasteiger partial charge < -0.3 is 10.0 Å². The lowest BCUT2D eigenvalue weighted by molar-refractivity contribution is -0.163. The fourth-order valence-corrected chi connectivity index (χ4v) is 2.10. The molecule has 1 aromatic rings. The zero-order chi connectivity index (χ0) is 13.2. The number of amides is 1. The van der Waals surface area contributed by atoms with Gasteiger partial charge in [0.05, 0.1) is 13.1 Å². The monoisotopic (exact) mass is 248 g/mol. The first-order chi connectivity index (χ1) is 8.51. The molecule has 0 unspecified atom stereocenters. The summed E-state index contributed by atoms with van der Waals surface area (Å²) in [4.78, 5) is 17.8. The maximum Gasteiger partial charge on any atom is 0.223 e. The van der Waals surface area contributed by atoms with Gasteiger partial charge in [-0.25, -0.2) is 0 Å². The van der Waals surface area contributed by atoms with Gasteiger partial charge in [0.25, 0.3) is 0 Å². The van der Waals surface area contributed by atoms with Crippen molar-refractivity contribution >= 4 is 5.91 Å². The van der Waals surface area contributed by atoms with E-state index in [1.807, 2.05) is 32.0 Å². The molecule has 1 N–H and O–H groups in total. The SMILES string of the molecule is CC(C)C1(O)CN(C(=O)CCc2ccccn2)C1. The van der Waals surface area contributed by atoms with E-state index in [0.717, 1.165) is 5.69 Å². The van der Waals surface area contributed by atoms with Crippen molar-refractivity contribution in [2.24, 2.45) is 5.92 Å². The Morgan fingerprint density at radius 1 is 1.50 bits per heavy atom. The Balaban J connectivity index is 1.78. The third-order valence-electron chi connectivity index (χ3n) is 3.68. The normalized spacial score (nSPS) is 17.7. The minimum Gasteiger partial charge on any atom is -0.386 e. The summed E-state index contributed by atoms with van der Waals surface area (Å²) in [5, 5.41) is 10.1. The maximum absolute atomic E-state index is 11.9. The van der Waals surface area contributed by atoms with Crippen molar-refractivity contribution in [3.05, 3.63) is 30.1 Å². The van der Waals surface area contributed by atoms with Crippen LogP contribution in [0.3, 0.4) is 0 Å². The summed E-state index contributed by atoms with van der Waals surface area (Å²) in [6.45, 7) is 4.89. The average Bonchev–Trinajstić information content (AvgIpc) is 2.33. The smallest absolute Gasteiger partial charge is 0.223 e. The first kappa shape index (κ1) is 13.0. The number of carbonyl (C=O) groups is 1. The van der Waals surface area contributed by atoms with Crippen molar-refractivity contribution < 1.29 is 9.90 Å². The third-order valence-corrected chi connectivity index (χ3v) is 3.68. The lowest BCUT2D eigenvalue weighted by Gasteiger charge is -2.49. The number of pyridine rings is 1. The zero-order valence-corrected chi connectivity index (χ0v) is 11.0. The van der Waals surface area contributed by atoms with Gasteiger partial charge >= 0.3 is 0 Å². The summed E-state index contributed by atoms with van der Waals surface area (Å²) < 4.78 is 0. The number of rotatable bonds is 4. The number of aliphatic hydroxyl groups is 1. The summed E-state index contributed by atoms with van der Waals surface area (Å²) >= 11 is 0. The van der Waals surface area contributed by atoms with E-state index in [0.29, 0.717) is 25.9 Å². The van der Waals surface area contributed by atoms with Crippen LogP contribution in [-0.2, 0) is 11.2 Å². The molecule has 0 bridgehead atoms. The molecule has 18 heavy (non-hydrogen) atoms. The minimum atomic E-state index is -0.680. The summed E-state index contributed by atoms with van der Waals surface area (Å²) in [5.74, 6) is 0.295. The van der Waals surface area contributed by atoms with Crippen LogP contribution in [0.1, 0.15) is 26.0 Å². The molecule has 0 aromatic carbocycles. The van der Waals surface area contributed by atoms with Gasteiger partial charge in [-0.3, -0.25) is 9.78 Å². The Labute approximate surface area is 108 Å². The Kier molecular flexibility index (Phi) is 3.66. The molecule has 1 aliphatic rings. The Morgan fingerprint density at radius 2 is 2.22 bits per heavy atom. The van der Waals surface area contributed by atoms with E-state index in [1.165, 1.54) is 0 Å². The van der Waals surface area contributed by atoms with Gasteiger partial charge in [-0.15, -0.1) is 0 Å². The highest BCUT2D eigenvalue weighted by Gasteiger charge is 2.45. The highest BCUT2D eigenvalue weighted by Crippen LogP contribution is 2.28. The molecule has 4 heteroatoms. The molecule has 1 amide bonds. The molecule has 0 radical (unpaired) electrons. The van der Waals surface area contributed by atoms with Crippen LogP contribution in [0.4, 0.5) is 0 Å². The van der Waals surface area contributed by atoms with Crippen molar-refractivity contribution in [3.8, 4) is 0 Å². The van der Waals surface area contributed by atoms with Gasteiger partial charge in [-0.1, -0.05) is 19.9 Å². The van der Waals surface area contributed by atoms with E-state index >= 15 is 0 Å². The Morgan fingerprint density at radius 3 is 2.78 bits per heavy atom. The number of aryl methyl sites for hydroxylation is 1. The molecule has 2 rings (SSSR count). The van der Waals surface area contributed by atoms with Crippen LogP contribution in [0.2, 0.25) is 0 Å². The minimum absolute atomic E-state index is 0.103. The topological polar surface area (TPSA) is 53.4 Å². The van der Waals surface area contributed by atoms with Crippen LogP contribution in [0.25, 0.3) is 0 Å². The Hall–Kier alpha value is -1.42. The number of carbonyl (C=O) groups excluding carboxylic acids is 1. The number of hydrogen-bond acceptors (Lipinski definition) is 3. The van der Waals surface area contributed by atoms with Crippen molar-refractivity contribution in [2.45, 2.75) is 32.3 Å². The van der Waals surface area contributed by atoms with Crippen molar-refractivity contribution in [1.82, 2.24) is 9.88 Å². The number of nitrogens with zero attached hydrogens (tertiary/aromatic N) is 2. The van der Waals surface area contributed by atoms with Crippen LogP contribution in [-0.4, -0.2) is 39.6 Å². The molecular formula is C14H20N2O2. The molecule has 0 saturated carbocycles. The van der Waals surface area contributed by atoms with Gasteiger partial charge in [0.1, 0.15) is 5.60 Å². The van der Waals surface area contributed by atoms with Crippen molar-refractivity contribution in [2.75, 3.05) is 13.1 Å². The molecule has 1 aromatic heterocycles. The van der Waals surface area contributed by atoms with Gasteiger partial charge in [0.2, 0.25) is 5.91 Å². The first-order valence-corrected chi connectivity index (χ1v) is 6.41. The highest BCUT2D eigenvalue weighted by atomic mass is 16.3. The summed E-state index contributed by atoms with van der Waals surface area (Å²) in [6.07, 6.45) is 2.86.